The molecule has 0 N–H and O–H groups in total. The van der Waals surface area contributed by atoms with Crippen molar-refractivity contribution in [2.24, 2.45) is 0 Å². The van der Waals surface area contributed by atoms with Gasteiger partial charge in [-0.3, -0.25) is 0 Å². The maximum absolute atomic E-state index is 6.29. The third-order valence-corrected chi connectivity index (χ3v) is 3.39. The second kappa shape index (κ2) is 7.17. The van der Waals surface area contributed by atoms with E-state index in [9.17, 15) is 0 Å². The van der Waals surface area contributed by atoms with Crippen LogP contribution in [0.4, 0.5) is 5.82 Å². The Hall–Kier alpha value is -0.510. The molecule has 0 aliphatic heterocycles. The maximum Gasteiger partial charge on any atom is 0.147 e. The zero-order valence-electron chi connectivity index (χ0n) is 11.5. The van der Waals surface area contributed by atoms with Crippen LogP contribution in [0.15, 0.2) is 12.3 Å². The number of halogens is 2. The summed E-state index contributed by atoms with van der Waals surface area (Å²) in [5, 5.41) is 0.667. The average Bonchev–Trinajstić information content (AvgIpc) is 2.31. The monoisotopic (exact) mass is 289 g/mol. The lowest BCUT2D eigenvalue weighted by atomic mass is 10.2. The fourth-order valence-electron chi connectivity index (χ4n) is 2.05. The molecular weight excluding hydrogens is 269 g/mol. The summed E-state index contributed by atoms with van der Waals surface area (Å²) in [4.78, 5) is 8.81. The van der Waals surface area contributed by atoms with Crippen molar-refractivity contribution >= 4 is 29.0 Å². The first kappa shape index (κ1) is 15.5. The van der Waals surface area contributed by atoms with Gasteiger partial charge in [0, 0.05) is 31.2 Å². The number of aromatic nitrogens is 1. The number of hydrogen-bond acceptors (Lipinski definition) is 3. The normalized spacial score (nSPS) is 12.8. The van der Waals surface area contributed by atoms with Crippen LogP contribution in [0.5, 0.6) is 0 Å². The first-order valence-corrected chi connectivity index (χ1v) is 7.02. The van der Waals surface area contributed by atoms with Gasteiger partial charge in [-0.2, -0.15) is 0 Å². The summed E-state index contributed by atoms with van der Waals surface area (Å²) >= 11 is 12.1. The van der Waals surface area contributed by atoms with E-state index in [-0.39, 0.29) is 0 Å². The molecule has 5 heteroatoms. The molecule has 1 aromatic heterocycles. The van der Waals surface area contributed by atoms with Crippen LogP contribution in [0, 0.1) is 0 Å². The van der Waals surface area contributed by atoms with Crippen LogP contribution in [0.1, 0.15) is 19.4 Å². The minimum atomic E-state index is 0.358. The minimum Gasteiger partial charge on any atom is -0.352 e. The molecule has 0 bridgehead atoms. The van der Waals surface area contributed by atoms with Gasteiger partial charge in [-0.05, 0) is 39.6 Å². The van der Waals surface area contributed by atoms with E-state index in [4.69, 9.17) is 23.2 Å². The van der Waals surface area contributed by atoms with E-state index in [1.807, 2.05) is 6.07 Å². The fraction of sp³-hybridized carbons (Fsp3) is 0.615. The van der Waals surface area contributed by atoms with Crippen LogP contribution in [0.2, 0.25) is 5.02 Å². The lowest BCUT2D eigenvalue weighted by Crippen LogP contribution is -2.40. The van der Waals surface area contributed by atoms with Crippen LogP contribution in [0.25, 0.3) is 0 Å². The second-order valence-electron chi connectivity index (χ2n) is 4.68. The highest BCUT2D eigenvalue weighted by Gasteiger charge is 2.17. The Morgan fingerprint density at radius 3 is 2.50 bits per heavy atom. The Labute approximate surface area is 120 Å². The van der Waals surface area contributed by atoms with E-state index in [0.29, 0.717) is 16.9 Å². The van der Waals surface area contributed by atoms with E-state index < -0.39 is 0 Å². The summed E-state index contributed by atoms with van der Waals surface area (Å²) in [7, 11) is 4.13. The summed E-state index contributed by atoms with van der Waals surface area (Å²) in [6.07, 6.45) is 1.79. The second-order valence-corrected chi connectivity index (χ2v) is 5.35. The van der Waals surface area contributed by atoms with Gasteiger partial charge in [0.15, 0.2) is 0 Å². The number of likely N-dealkylation sites (N-methyl/N-ethyl adjacent to an activating group) is 2. The van der Waals surface area contributed by atoms with Crippen molar-refractivity contribution < 1.29 is 0 Å². The predicted molar refractivity (Wildman–Crippen MR) is 79.8 cm³/mol. The van der Waals surface area contributed by atoms with Crippen molar-refractivity contribution in [3.05, 3.63) is 22.8 Å². The lowest BCUT2D eigenvalue weighted by Gasteiger charge is -2.31. The number of anilines is 1. The van der Waals surface area contributed by atoms with Gasteiger partial charge in [-0.25, -0.2) is 4.98 Å². The summed E-state index contributed by atoms with van der Waals surface area (Å²) < 4.78 is 0. The minimum absolute atomic E-state index is 0.358. The van der Waals surface area contributed by atoms with E-state index in [2.05, 4.69) is 42.7 Å². The van der Waals surface area contributed by atoms with Gasteiger partial charge in [0.2, 0.25) is 0 Å². The molecule has 102 valence electrons. The van der Waals surface area contributed by atoms with Crippen molar-refractivity contribution in [3.8, 4) is 0 Å². The van der Waals surface area contributed by atoms with E-state index >= 15 is 0 Å². The Balaban J connectivity index is 2.94. The molecule has 1 heterocycles. The van der Waals surface area contributed by atoms with Crippen LogP contribution in [0.3, 0.4) is 0 Å². The van der Waals surface area contributed by atoms with E-state index in [0.717, 1.165) is 24.5 Å². The lowest BCUT2D eigenvalue weighted by molar-refractivity contribution is 0.372. The first-order valence-electron chi connectivity index (χ1n) is 6.11. The van der Waals surface area contributed by atoms with Crippen molar-refractivity contribution in [3.63, 3.8) is 0 Å². The molecule has 0 aliphatic carbocycles. The average molecular weight is 290 g/mol. The van der Waals surface area contributed by atoms with Crippen molar-refractivity contribution in [2.45, 2.75) is 25.8 Å². The zero-order valence-corrected chi connectivity index (χ0v) is 13.0. The molecule has 0 amide bonds. The molecule has 0 saturated carbocycles. The summed E-state index contributed by atoms with van der Waals surface area (Å²) in [6, 6.07) is 2.25. The van der Waals surface area contributed by atoms with Crippen molar-refractivity contribution in [1.82, 2.24) is 9.88 Å². The van der Waals surface area contributed by atoms with Crippen LogP contribution < -0.4 is 4.90 Å². The highest BCUT2D eigenvalue weighted by atomic mass is 35.5. The Morgan fingerprint density at radius 1 is 1.39 bits per heavy atom. The number of hydrogen-bond donors (Lipinski definition) is 0. The molecule has 0 fully saturated rings. The highest BCUT2D eigenvalue weighted by molar-refractivity contribution is 6.33. The fourth-order valence-corrected chi connectivity index (χ4v) is 2.50. The van der Waals surface area contributed by atoms with Crippen molar-refractivity contribution in [1.29, 1.82) is 0 Å². The SMILES string of the molecule is CCN(c1ncc(CCl)cc1Cl)C(C)CN(C)C. The molecular formula is C13H21Cl2N3. The van der Waals surface area contributed by atoms with Crippen molar-refractivity contribution in [2.75, 3.05) is 32.1 Å². The van der Waals surface area contributed by atoms with Gasteiger partial charge in [-0.1, -0.05) is 11.6 Å². The van der Waals surface area contributed by atoms with Gasteiger partial charge in [-0.15, -0.1) is 11.6 Å². The quantitative estimate of drug-likeness (QED) is 0.750. The summed E-state index contributed by atoms with van der Waals surface area (Å²) in [5.74, 6) is 1.27. The van der Waals surface area contributed by atoms with Gasteiger partial charge in [0.05, 0.1) is 5.02 Å². The molecule has 1 rings (SSSR count). The molecule has 0 saturated heterocycles. The summed E-state index contributed by atoms with van der Waals surface area (Å²) in [6.45, 7) is 6.13. The largest absolute Gasteiger partial charge is 0.352 e. The maximum atomic E-state index is 6.29. The van der Waals surface area contributed by atoms with E-state index in [1.165, 1.54) is 0 Å². The molecule has 0 aromatic carbocycles. The topological polar surface area (TPSA) is 19.4 Å². The zero-order chi connectivity index (χ0) is 13.7. The standard InChI is InChI=1S/C13H21Cl2N3/c1-5-18(10(2)9-17(3)4)13-12(15)6-11(7-14)8-16-13/h6,8,10H,5,7,9H2,1-4H3. The molecule has 3 nitrogen and oxygen atoms in total. The third kappa shape index (κ3) is 4.01. The highest BCUT2D eigenvalue weighted by Crippen LogP contribution is 2.26. The Morgan fingerprint density at radius 2 is 2.06 bits per heavy atom. The van der Waals surface area contributed by atoms with E-state index in [1.54, 1.807) is 6.20 Å². The summed E-state index contributed by atoms with van der Waals surface area (Å²) in [5.41, 5.74) is 0.946. The van der Waals surface area contributed by atoms with Crippen LogP contribution >= 0.6 is 23.2 Å². The molecule has 0 radical (unpaired) electrons. The van der Waals surface area contributed by atoms with Crippen LogP contribution in [-0.4, -0.2) is 43.1 Å². The molecule has 0 spiro atoms. The number of alkyl halides is 1. The van der Waals surface area contributed by atoms with Gasteiger partial charge >= 0.3 is 0 Å². The van der Waals surface area contributed by atoms with Crippen LogP contribution in [-0.2, 0) is 5.88 Å². The smallest absolute Gasteiger partial charge is 0.147 e. The van der Waals surface area contributed by atoms with Gasteiger partial charge in [0.25, 0.3) is 0 Å². The molecule has 0 aliphatic rings. The number of pyridine rings is 1. The Kier molecular flexibility index (Phi) is 6.19. The third-order valence-electron chi connectivity index (χ3n) is 2.81. The molecule has 1 aromatic rings. The molecule has 18 heavy (non-hydrogen) atoms. The predicted octanol–water partition coefficient (Wildman–Crippen LogP) is 3.25. The van der Waals surface area contributed by atoms with Gasteiger partial charge < -0.3 is 9.80 Å². The molecule has 1 unspecified atom stereocenters. The molecule has 1 atom stereocenters. The number of rotatable bonds is 6. The number of nitrogens with zero attached hydrogens (tertiary/aromatic N) is 3. The van der Waals surface area contributed by atoms with Gasteiger partial charge in [0.1, 0.15) is 5.82 Å². The Bertz CT molecular complexity index is 382. The first-order chi connectivity index (χ1) is 8.49.